The van der Waals surface area contributed by atoms with Crippen LogP contribution in [0, 0.1) is 5.41 Å². The van der Waals surface area contributed by atoms with Gasteiger partial charge in [0.05, 0.1) is 5.56 Å². The Morgan fingerprint density at radius 1 is 1.18 bits per heavy atom. The first-order chi connectivity index (χ1) is 13.6. The van der Waals surface area contributed by atoms with Crippen LogP contribution in [-0.4, -0.2) is 56.9 Å². The number of carbonyl (C=O) groups excluding carboxylic acids is 1. The molecule has 1 aliphatic carbocycles. The highest BCUT2D eigenvalue weighted by atomic mass is 16.5. The summed E-state index contributed by atoms with van der Waals surface area (Å²) < 4.78 is 5.29. The largest absolute Gasteiger partial charge is 0.507 e. The molecule has 0 bridgehead atoms. The lowest BCUT2D eigenvalue weighted by molar-refractivity contribution is 0.0951. The zero-order chi connectivity index (χ0) is 20.2. The molecule has 1 aromatic rings. The molecule has 0 spiro atoms. The van der Waals surface area contributed by atoms with Gasteiger partial charge in [0, 0.05) is 39.9 Å². The average Bonchev–Trinajstić information content (AvgIpc) is 3.17. The Hall–Kier alpha value is -2.28. The first-order valence-corrected chi connectivity index (χ1v) is 10.2. The predicted molar refractivity (Wildman–Crippen MR) is 112 cm³/mol. The van der Waals surface area contributed by atoms with Gasteiger partial charge >= 0.3 is 0 Å². The van der Waals surface area contributed by atoms with Crippen LogP contribution in [0.15, 0.2) is 29.3 Å². The Balaban J connectivity index is 1.82. The highest BCUT2D eigenvalue weighted by Gasteiger charge is 2.33. The van der Waals surface area contributed by atoms with E-state index in [4.69, 9.17) is 9.73 Å². The van der Waals surface area contributed by atoms with Crippen LogP contribution < -0.4 is 16.0 Å². The molecule has 0 saturated heterocycles. The molecule has 1 amide bonds. The van der Waals surface area contributed by atoms with Crippen LogP contribution in [0.2, 0.25) is 0 Å². The Morgan fingerprint density at radius 2 is 1.89 bits per heavy atom. The van der Waals surface area contributed by atoms with Gasteiger partial charge in [0.1, 0.15) is 5.75 Å². The summed E-state index contributed by atoms with van der Waals surface area (Å²) in [6.45, 7) is 5.37. The van der Waals surface area contributed by atoms with Gasteiger partial charge < -0.3 is 25.8 Å². The number of benzene rings is 1. The van der Waals surface area contributed by atoms with Gasteiger partial charge in [0.25, 0.3) is 5.91 Å². The van der Waals surface area contributed by atoms with Crippen LogP contribution >= 0.6 is 0 Å². The number of aromatic hydroxyl groups is 1. The van der Waals surface area contributed by atoms with Crippen molar-refractivity contribution in [3.8, 4) is 5.75 Å². The molecule has 28 heavy (non-hydrogen) atoms. The minimum Gasteiger partial charge on any atom is -0.507 e. The van der Waals surface area contributed by atoms with E-state index in [0.717, 1.165) is 32.1 Å². The van der Waals surface area contributed by atoms with Crippen molar-refractivity contribution in [2.45, 2.75) is 39.0 Å². The lowest BCUT2D eigenvalue weighted by atomic mass is 9.83. The zero-order valence-corrected chi connectivity index (χ0v) is 17.1. The number of guanidine groups is 1. The molecule has 0 aromatic heterocycles. The van der Waals surface area contributed by atoms with E-state index >= 15 is 0 Å². The van der Waals surface area contributed by atoms with Crippen LogP contribution in [0.1, 0.15) is 49.4 Å². The zero-order valence-electron chi connectivity index (χ0n) is 17.1. The number of hydrogen-bond acceptors (Lipinski definition) is 4. The number of hydrogen-bond donors (Lipinski definition) is 4. The van der Waals surface area contributed by atoms with Crippen molar-refractivity contribution in [1.82, 2.24) is 16.0 Å². The molecular formula is C21H34N4O3. The molecule has 7 nitrogen and oxygen atoms in total. The summed E-state index contributed by atoms with van der Waals surface area (Å²) in [4.78, 5) is 16.9. The second-order valence-electron chi connectivity index (χ2n) is 7.34. The van der Waals surface area contributed by atoms with Crippen molar-refractivity contribution in [2.24, 2.45) is 10.4 Å². The van der Waals surface area contributed by atoms with Gasteiger partial charge in [-0.1, -0.05) is 25.0 Å². The molecule has 156 valence electrons. The minimum atomic E-state index is -0.286. The number of methoxy groups -OCH3 is 1. The third-order valence-electron chi connectivity index (χ3n) is 5.27. The van der Waals surface area contributed by atoms with Crippen molar-refractivity contribution in [2.75, 3.05) is 39.9 Å². The van der Waals surface area contributed by atoms with E-state index in [-0.39, 0.29) is 22.6 Å². The first-order valence-electron chi connectivity index (χ1n) is 10.2. The van der Waals surface area contributed by atoms with Gasteiger partial charge in [-0.3, -0.25) is 9.79 Å². The number of rotatable bonds is 10. The molecule has 0 unspecified atom stereocenters. The lowest BCUT2D eigenvalue weighted by Crippen LogP contribution is -2.42. The van der Waals surface area contributed by atoms with Gasteiger partial charge in [0.2, 0.25) is 0 Å². The number of nitrogens with zero attached hydrogens (tertiary/aromatic N) is 1. The molecule has 0 heterocycles. The molecular weight excluding hydrogens is 356 g/mol. The summed E-state index contributed by atoms with van der Waals surface area (Å²) in [5.41, 5.74) is 0.529. The number of ether oxygens (including phenoxy) is 1. The summed E-state index contributed by atoms with van der Waals surface area (Å²) in [5, 5.41) is 19.1. The fourth-order valence-corrected chi connectivity index (χ4v) is 3.64. The maximum Gasteiger partial charge on any atom is 0.255 e. The van der Waals surface area contributed by atoms with Gasteiger partial charge in [0.15, 0.2) is 5.96 Å². The maximum absolute atomic E-state index is 12.1. The Bertz CT molecular complexity index is 642. The summed E-state index contributed by atoms with van der Waals surface area (Å²) in [7, 11) is 1.75. The molecule has 0 radical (unpaired) electrons. The standard InChI is InChI=1S/C21H34N4O3/c1-3-22-20(25-16-21(12-15-28-2)10-6-7-11-21)24-14-13-23-19(27)17-8-4-5-9-18(17)26/h4-5,8-9,26H,3,6-7,10-16H2,1-2H3,(H,23,27)(H2,22,24,25). The first kappa shape index (κ1) is 22.0. The molecule has 4 N–H and O–H groups in total. The monoisotopic (exact) mass is 390 g/mol. The predicted octanol–water partition coefficient (Wildman–Crippen LogP) is 2.27. The number of carbonyl (C=O) groups is 1. The van der Waals surface area contributed by atoms with E-state index in [0.29, 0.717) is 13.1 Å². The second-order valence-corrected chi connectivity index (χ2v) is 7.34. The van der Waals surface area contributed by atoms with Crippen LogP contribution in [0.5, 0.6) is 5.75 Å². The van der Waals surface area contributed by atoms with Crippen LogP contribution in [-0.2, 0) is 4.74 Å². The smallest absolute Gasteiger partial charge is 0.255 e. The quantitative estimate of drug-likeness (QED) is 0.279. The van der Waals surface area contributed by atoms with E-state index in [1.54, 1.807) is 25.3 Å². The lowest BCUT2D eigenvalue weighted by Gasteiger charge is -2.27. The van der Waals surface area contributed by atoms with Crippen molar-refractivity contribution >= 4 is 11.9 Å². The van der Waals surface area contributed by atoms with E-state index in [1.165, 1.54) is 31.7 Å². The van der Waals surface area contributed by atoms with Crippen LogP contribution in [0.4, 0.5) is 0 Å². The van der Waals surface area contributed by atoms with Crippen LogP contribution in [0.25, 0.3) is 0 Å². The minimum absolute atomic E-state index is 0.0132. The van der Waals surface area contributed by atoms with Crippen molar-refractivity contribution in [3.63, 3.8) is 0 Å². The van der Waals surface area contributed by atoms with E-state index < -0.39 is 0 Å². The van der Waals surface area contributed by atoms with Crippen molar-refractivity contribution < 1.29 is 14.6 Å². The van der Waals surface area contributed by atoms with Crippen molar-refractivity contribution in [1.29, 1.82) is 0 Å². The Kier molecular flexibility index (Phi) is 9.07. The SMILES string of the molecule is CCNC(=NCC1(CCOC)CCCC1)NCCNC(=O)c1ccccc1O. The topological polar surface area (TPSA) is 95.0 Å². The molecule has 0 atom stereocenters. The number of para-hydroxylation sites is 1. The number of phenolic OH excluding ortho intramolecular Hbond substituents is 1. The number of aliphatic imine (C=N–C) groups is 1. The van der Waals surface area contributed by atoms with Gasteiger partial charge in [-0.2, -0.15) is 0 Å². The van der Waals surface area contributed by atoms with Gasteiger partial charge in [-0.05, 0) is 43.7 Å². The molecule has 2 rings (SSSR count). The molecule has 1 saturated carbocycles. The van der Waals surface area contributed by atoms with Crippen LogP contribution in [0.3, 0.4) is 0 Å². The number of amides is 1. The third-order valence-corrected chi connectivity index (χ3v) is 5.27. The summed E-state index contributed by atoms with van der Waals surface area (Å²) in [6.07, 6.45) is 5.98. The van der Waals surface area contributed by atoms with Gasteiger partial charge in [-0.25, -0.2) is 0 Å². The number of nitrogens with one attached hydrogen (secondary N) is 3. The third kappa shape index (κ3) is 6.71. The Morgan fingerprint density at radius 3 is 2.57 bits per heavy atom. The average molecular weight is 391 g/mol. The molecule has 1 fully saturated rings. The summed E-state index contributed by atoms with van der Waals surface area (Å²) in [5.74, 6) is 0.468. The van der Waals surface area contributed by atoms with Crippen molar-refractivity contribution in [3.05, 3.63) is 29.8 Å². The summed E-state index contributed by atoms with van der Waals surface area (Å²) >= 11 is 0. The highest BCUT2D eigenvalue weighted by Crippen LogP contribution is 2.41. The molecule has 1 aliphatic rings. The highest BCUT2D eigenvalue weighted by molar-refractivity contribution is 5.96. The normalized spacial score (nSPS) is 16.0. The van der Waals surface area contributed by atoms with Gasteiger partial charge in [-0.15, -0.1) is 0 Å². The molecule has 1 aromatic carbocycles. The molecule has 7 heteroatoms. The fourth-order valence-electron chi connectivity index (χ4n) is 3.64. The maximum atomic E-state index is 12.1. The molecule has 0 aliphatic heterocycles. The number of phenols is 1. The van der Waals surface area contributed by atoms with E-state index in [1.807, 2.05) is 6.92 Å². The van der Waals surface area contributed by atoms with E-state index in [2.05, 4.69) is 16.0 Å². The Labute approximate surface area is 168 Å². The second kappa shape index (κ2) is 11.5. The fraction of sp³-hybridized carbons (Fsp3) is 0.619. The summed E-state index contributed by atoms with van der Waals surface area (Å²) in [6, 6.07) is 6.53. The van der Waals surface area contributed by atoms with E-state index in [9.17, 15) is 9.90 Å².